The summed E-state index contributed by atoms with van der Waals surface area (Å²) in [5.41, 5.74) is 1.37. The van der Waals surface area contributed by atoms with Crippen LogP contribution in [0.15, 0.2) is 72.8 Å². The van der Waals surface area contributed by atoms with Crippen molar-refractivity contribution >= 4 is 17.3 Å². The zero-order valence-corrected chi connectivity index (χ0v) is 15.8. The highest BCUT2D eigenvalue weighted by Crippen LogP contribution is 2.29. The molecule has 0 fully saturated rings. The number of carbonyl (C=O) groups is 1. The van der Waals surface area contributed by atoms with Crippen LogP contribution in [-0.4, -0.2) is 26.7 Å². The largest absolute Gasteiger partial charge is 0.497 e. The molecule has 0 aliphatic carbocycles. The van der Waals surface area contributed by atoms with Crippen molar-refractivity contribution in [2.24, 2.45) is 0 Å². The number of methoxy groups -OCH3 is 2. The van der Waals surface area contributed by atoms with E-state index >= 15 is 0 Å². The molecule has 0 heterocycles. The topological polar surface area (TPSA) is 68.8 Å². The summed E-state index contributed by atoms with van der Waals surface area (Å²) in [4.78, 5) is 12.3. The van der Waals surface area contributed by atoms with E-state index in [0.29, 0.717) is 17.2 Å². The number of hydrogen-bond acceptors (Lipinski definition) is 5. The average Bonchev–Trinajstić information content (AvgIpc) is 2.74. The minimum Gasteiger partial charge on any atom is -0.497 e. The van der Waals surface area contributed by atoms with Crippen LogP contribution in [0.3, 0.4) is 0 Å². The predicted molar refractivity (Wildman–Crippen MR) is 110 cm³/mol. The Bertz CT molecular complexity index is 912. The van der Waals surface area contributed by atoms with E-state index in [4.69, 9.17) is 14.2 Å². The van der Waals surface area contributed by atoms with Crippen LogP contribution in [0, 0.1) is 0 Å². The number of carbonyl (C=O) groups excluding carboxylic acids is 1. The molecule has 3 aromatic rings. The lowest BCUT2D eigenvalue weighted by Crippen LogP contribution is -2.22. The molecular weight excluding hydrogens is 356 g/mol. The maximum absolute atomic E-state index is 12.3. The van der Waals surface area contributed by atoms with Crippen LogP contribution in [0.5, 0.6) is 23.0 Å². The molecule has 0 saturated heterocycles. The van der Waals surface area contributed by atoms with Crippen LogP contribution in [0.4, 0.5) is 11.4 Å². The summed E-state index contributed by atoms with van der Waals surface area (Å²) in [7, 11) is 3.12. The first-order chi connectivity index (χ1) is 13.7. The quantitative estimate of drug-likeness (QED) is 0.602. The first-order valence-electron chi connectivity index (χ1n) is 8.76. The summed E-state index contributed by atoms with van der Waals surface area (Å²) in [5, 5.41) is 5.90. The Hall–Kier alpha value is -3.67. The zero-order chi connectivity index (χ0) is 19.8. The Kier molecular flexibility index (Phi) is 6.36. The lowest BCUT2D eigenvalue weighted by Gasteiger charge is -2.12. The molecular formula is C22H22N2O4. The van der Waals surface area contributed by atoms with Crippen LogP contribution in [-0.2, 0) is 4.79 Å². The fourth-order valence-corrected chi connectivity index (χ4v) is 2.55. The molecule has 0 bridgehead atoms. The van der Waals surface area contributed by atoms with Crippen LogP contribution < -0.4 is 24.8 Å². The number of benzene rings is 3. The molecule has 28 heavy (non-hydrogen) atoms. The molecule has 0 aromatic heterocycles. The van der Waals surface area contributed by atoms with Gasteiger partial charge in [0.15, 0.2) is 0 Å². The maximum Gasteiger partial charge on any atom is 0.243 e. The second-order valence-electron chi connectivity index (χ2n) is 5.91. The summed E-state index contributed by atoms with van der Waals surface area (Å²) >= 11 is 0. The molecule has 0 saturated carbocycles. The highest BCUT2D eigenvalue weighted by Gasteiger charge is 2.09. The van der Waals surface area contributed by atoms with E-state index in [9.17, 15) is 4.79 Å². The first kappa shape index (κ1) is 19.1. The number of nitrogens with one attached hydrogen (secondary N) is 2. The van der Waals surface area contributed by atoms with Gasteiger partial charge in [0.25, 0.3) is 0 Å². The number of amides is 1. The minimum atomic E-state index is -0.198. The average molecular weight is 378 g/mol. The molecule has 6 heteroatoms. The number of para-hydroxylation sites is 1. The SMILES string of the molecule is COc1ccc(OC)c(NC(=O)CNc2ccc(Oc3ccccc3)cc2)c1. The molecule has 0 aliphatic heterocycles. The molecule has 3 rings (SSSR count). The molecule has 0 unspecified atom stereocenters. The summed E-state index contributed by atoms with van der Waals surface area (Å²) in [6.07, 6.45) is 0. The fourth-order valence-electron chi connectivity index (χ4n) is 2.55. The van der Waals surface area contributed by atoms with Crippen molar-refractivity contribution in [3.05, 3.63) is 72.8 Å². The van der Waals surface area contributed by atoms with Crippen molar-refractivity contribution in [1.82, 2.24) is 0 Å². The molecule has 144 valence electrons. The number of rotatable bonds is 8. The van der Waals surface area contributed by atoms with Crippen LogP contribution in [0.2, 0.25) is 0 Å². The van der Waals surface area contributed by atoms with Crippen molar-refractivity contribution < 1.29 is 19.0 Å². The van der Waals surface area contributed by atoms with Gasteiger partial charge in [-0.1, -0.05) is 18.2 Å². The van der Waals surface area contributed by atoms with Crippen LogP contribution in [0.1, 0.15) is 0 Å². The van der Waals surface area contributed by atoms with Crippen molar-refractivity contribution in [2.45, 2.75) is 0 Å². The van der Waals surface area contributed by atoms with E-state index in [1.165, 1.54) is 0 Å². The van der Waals surface area contributed by atoms with E-state index < -0.39 is 0 Å². The fraction of sp³-hybridized carbons (Fsp3) is 0.136. The molecule has 3 aromatic carbocycles. The van der Waals surface area contributed by atoms with Crippen LogP contribution in [0.25, 0.3) is 0 Å². The van der Waals surface area contributed by atoms with Crippen molar-refractivity contribution in [1.29, 1.82) is 0 Å². The van der Waals surface area contributed by atoms with Crippen molar-refractivity contribution in [3.63, 3.8) is 0 Å². The molecule has 0 aliphatic rings. The Balaban J connectivity index is 1.55. The van der Waals surface area contributed by atoms with Gasteiger partial charge in [-0.25, -0.2) is 0 Å². The van der Waals surface area contributed by atoms with Gasteiger partial charge in [0.05, 0.1) is 26.5 Å². The molecule has 0 radical (unpaired) electrons. The molecule has 6 nitrogen and oxygen atoms in total. The van der Waals surface area contributed by atoms with E-state index in [2.05, 4.69) is 10.6 Å². The third-order valence-electron chi connectivity index (χ3n) is 3.97. The lowest BCUT2D eigenvalue weighted by molar-refractivity contribution is -0.114. The van der Waals surface area contributed by atoms with Crippen molar-refractivity contribution in [3.8, 4) is 23.0 Å². The van der Waals surface area contributed by atoms with Gasteiger partial charge >= 0.3 is 0 Å². The van der Waals surface area contributed by atoms with Crippen molar-refractivity contribution in [2.75, 3.05) is 31.4 Å². The van der Waals surface area contributed by atoms with Gasteiger partial charge in [0.2, 0.25) is 5.91 Å². The second-order valence-corrected chi connectivity index (χ2v) is 5.91. The van der Waals surface area contributed by atoms with E-state index in [1.54, 1.807) is 32.4 Å². The maximum atomic E-state index is 12.3. The predicted octanol–water partition coefficient (Wildman–Crippen LogP) is 4.55. The molecule has 0 spiro atoms. The minimum absolute atomic E-state index is 0.110. The Morgan fingerprint density at radius 3 is 2.18 bits per heavy atom. The summed E-state index contributed by atoms with van der Waals surface area (Å²) in [6.45, 7) is 0.110. The van der Waals surface area contributed by atoms with Gasteiger partial charge in [-0.05, 0) is 48.5 Å². The monoisotopic (exact) mass is 378 g/mol. The smallest absolute Gasteiger partial charge is 0.243 e. The second kappa shape index (κ2) is 9.32. The van der Waals surface area contributed by atoms with E-state index in [1.807, 2.05) is 54.6 Å². The molecule has 1 amide bonds. The summed E-state index contributed by atoms with van der Waals surface area (Å²) in [6, 6.07) is 22.2. The lowest BCUT2D eigenvalue weighted by atomic mass is 10.2. The van der Waals surface area contributed by atoms with Gasteiger partial charge < -0.3 is 24.8 Å². The van der Waals surface area contributed by atoms with E-state index in [-0.39, 0.29) is 12.5 Å². The van der Waals surface area contributed by atoms with Gasteiger partial charge in [0.1, 0.15) is 23.0 Å². The standard InChI is InChI=1S/C22H22N2O4/c1-26-19-12-13-21(27-2)20(14-19)24-22(25)15-23-16-8-10-18(11-9-16)28-17-6-4-3-5-7-17/h3-14,23H,15H2,1-2H3,(H,24,25). The van der Waals surface area contributed by atoms with Gasteiger partial charge in [-0.2, -0.15) is 0 Å². The van der Waals surface area contributed by atoms with Gasteiger partial charge in [-0.3, -0.25) is 4.79 Å². The molecule has 2 N–H and O–H groups in total. The van der Waals surface area contributed by atoms with Crippen LogP contribution >= 0.6 is 0 Å². The zero-order valence-electron chi connectivity index (χ0n) is 15.8. The summed E-state index contributed by atoms with van der Waals surface area (Å²) in [5.74, 6) is 2.50. The number of anilines is 2. The van der Waals surface area contributed by atoms with Gasteiger partial charge in [-0.15, -0.1) is 0 Å². The highest BCUT2D eigenvalue weighted by molar-refractivity contribution is 5.95. The summed E-state index contributed by atoms with van der Waals surface area (Å²) < 4.78 is 16.2. The highest BCUT2D eigenvalue weighted by atomic mass is 16.5. The normalized spacial score (nSPS) is 10.1. The van der Waals surface area contributed by atoms with E-state index in [0.717, 1.165) is 17.2 Å². The third-order valence-corrected chi connectivity index (χ3v) is 3.97. The Morgan fingerprint density at radius 1 is 0.821 bits per heavy atom. The number of ether oxygens (including phenoxy) is 3. The third kappa shape index (κ3) is 5.17. The van der Waals surface area contributed by atoms with Gasteiger partial charge in [0, 0.05) is 11.8 Å². The first-order valence-corrected chi connectivity index (χ1v) is 8.76. The number of hydrogen-bond donors (Lipinski definition) is 2. The Morgan fingerprint density at radius 2 is 1.50 bits per heavy atom. The molecule has 0 atom stereocenters. The Labute approximate surface area is 164 Å².